The number of nitrogens with one attached hydrogen (secondary N) is 1. The van der Waals surface area contributed by atoms with E-state index >= 15 is 0 Å². The first-order valence-corrected chi connectivity index (χ1v) is 6.47. The van der Waals surface area contributed by atoms with E-state index in [1.165, 1.54) is 12.1 Å². The van der Waals surface area contributed by atoms with Crippen molar-refractivity contribution in [1.29, 1.82) is 5.26 Å². The number of nitrogens with zero attached hydrogens (tertiary/aromatic N) is 2. The molecule has 21 heavy (non-hydrogen) atoms. The zero-order valence-corrected chi connectivity index (χ0v) is 11.9. The lowest BCUT2D eigenvalue weighted by Crippen LogP contribution is -2.23. The number of rotatable bonds is 3. The van der Waals surface area contributed by atoms with E-state index in [0.717, 1.165) is 11.4 Å². The molecule has 0 unspecified atom stereocenters. The fourth-order valence-corrected chi connectivity index (χ4v) is 2.11. The smallest absolute Gasteiger partial charge is 0.244 e. The summed E-state index contributed by atoms with van der Waals surface area (Å²) in [6, 6.07) is 11.7. The van der Waals surface area contributed by atoms with Gasteiger partial charge in [0.1, 0.15) is 6.54 Å². The second-order valence-corrected chi connectivity index (χ2v) is 4.80. The minimum Gasteiger partial charge on any atom is -0.340 e. The third-order valence-corrected chi connectivity index (χ3v) is 3.15. The molecular formula is C16H15N3O2. The molecule has 0 aliphatic rings. The molecule has 0 aliphatic heterocycles. The Balaban J connectivity index is 2.12. The van der Waals surface area contributed by atoms with Crippen LogP contribution in [0.4, 0.5) is 5.69 Å². The van der Waals surface area contributed by atoms with Crippen molar-refractivity contribution >= 4 is 11.6 Å². The Labute approximate surface area is 122 Å². The van der Waals surface area contributed by atoms with Crippen LogP contribution in [-0.4, -0.2) is 10.5 Å². The van der Waals surface area contributed by atoms with E-state index < -0.39 is 0 Å². The van der Waals surface area contributed by atoms with Crippen molar-refractivity contribution < 1.29 is 4.79 Å². The maximum Gasteiger partial charge on any atom is 0.244 e. The monoisotopic (exact) mass is 281 g/mol. The lowest BCUT2D eigenvalue weighted by atomic mass is 10.2. The highest BCUT2D eigenvalue weighted by Crippen LogP contribution is 2.09. The van der Waals surface area contributed by atoms with Gasteiger partial charge in [-0.15, -0.1) is 0 Å². The molecule has 1 N–H and O–H groups in total. The summed E-state index contributed by atoms with van der Waals surface area (Å²) in [6.07, 6.45) is 0. The van der Waals surface area contributed by atoms with E-state index in [9.17, 15) is 9.59 Å². The number of carbonyl (C=O) groups is 1. The second-order valence-electron chi connectivity index (χ2n) is 4.80. The molecule has 0 saturated carbocycles. The van der Waals surface area contributed by atoms with Gasteiger partial charge in [-0.1, -0.05) is 0 Å². The van der Waals surface area contributed by atoms with Crippen LogP contribution in [0, 0.1) is 25.2 Å². The Morgan fingerprint density at radius 1 is 1.19 bits per heavy atom. The topological polar surface area (TPSA) is 74.9 Å². The van der Waals surface area contributed by atoms with Gasteiger partial charge in [-0.25, -0.2) is 0 Å². The lowest BCUT2D eigenvalue weighted by molar-refractivity contribution is -0.116. The number of benzene rings is 1. The highest BCUT2D eigenvalue weighted by atomic mass is 16.2. The minimum atomic E-state index is -0.186. The predicted molar refractivity (Wildman–Crippen MR) is 80.0 cm³/mol. The molecular weight excluding hydrogens is 266 g/mol. The molecule has 0 radical (unpaired) electrons. The Morgan fingerprint density at radius 3 is 2.29 bits per heavy atom. The molecule has 0 spiro atoms. The zero-order chi connectivity index (χ0) is 15.4. The summed E-state index contributed by atoms with van der Waals surface area (Å²) in [5.74, 6) is -0.186. The van der Waals surface area contributed by atoms with Crippen LogP contribution in [0.15, 0.2) is 41.2 Å². The molecule has 5 heteroatoms. The molecule has 0 atom stereocenters. The van der Waals surface area contributed by atoms with Gasteiger partial charge in [0.25, 0.3) is 0 Å². The summed E-state index contributed by atoms with van der Waals surface area (Å²) in [7, 11) is 0. The van der Waals surface area contributed by atoms with Crippen molar-refractivity contribution in [2.24, 2.45) is 0 Å². The molecule has 0 saturated heterocycles. The number of hydrogen-bond donors (Lipinski definition) is 1. The fraction of sp³-hybridized carbons (Fsp3) is 0.188. The van der Waals surface area contributed by atoms with Gasteiger partial charge in [0.15, 0.2) is 5.43 Å². The van der Waals surface area contributed by atoms with Crippen LogP contribution in [0.3, 0.4) is 0 Å². The second kappa shape index (κ2) is 6.06. The number of carbonyl (C=O) groups excluding carboxylic acids is 1. The van der Waals surface area contributed by atoms with E-state index in [-0.39, 0.29) is 17.9 Å². The molecule has 1 aromatic carbocycles. The summed E-state index contributed by atoms with van der Waals surface area (Å²) in [5.41, 5.74) is 2.61. The van der Waals surface area contributed by atoms with Gasteiger partial charge < -0.3 is 9.88 Å². The highest BCUT2D eigenvalue weighted by Gasteiger charge is 2.07. The van der Waals surface area contributed by atoms with Crippen LogP contribution >= 0.6 is 0 Å². The average Bonchev–Trinajstić information content (AvgIpc) is 2.43. The quantitative estimate of drug-likeness (QED) is 0.934. The van der Waals surface area contributed by atoms with Crippen LogP contribution in [0.2, 0.25) is 0 Å². The molecule has 0 bridgehead atoms. The first-order chi connectivity index (χ1) is 9.99. The summed E-state index contributed by atoms with van der Waals surface area (Å²) in [5, 5.41) is 11.5. The van der Waals surface area contributed by atoms with Gasteiger partial charge >= 0.3 is 0 Å². The van der Waals surface area contributed by atoms with Gasteiger partial charge in [0, 0.05) is 29.2 Å². The largest absolute Gasteiger partial charge is 0.340 e. The van der Waals surface area contributed by atoms with Crippen molar-refractivity contribution in [1.82, 2.24) is 4.57 Å². The van der Waals surface area contributed by atoms with E-state index in [2.05, 4.69) is 5.32 Å². The Morgan fingerprint density at radius 2 is 1.76 bits per heavy atom. The lowest BCUT2D eigenvalue weighted by Gasteiger charge is -2.14. The van der Waals surface area contributed by atoms with Gasteiger partial charge in [-0.3, -0.25) is 9.59 Å². The van der Waals surface area contributed by atoms with Crippen molar-refractivity contribution in [2.75, 3.05) is 5.32 Å². The van der Waals surface area contributed by atoms with Crippen molar-refractivity contribution in [3.8, 4) is 6.07 Å². The van der Waals surface area contributed by atoms with E-state index in [4.69, 9.17) is 5.26 Å². The predicted octanol–water partition coefficient (Wildman–Crippen LogP) is 1.98. The van der Waals surface area contributed by atoms with Crippen LogP contribution in [0.25, 0.3) is 0 Å². The maximum absolute atomic E-state index is 12.1. The Kier molecular flexibility index (Phi) is 4.19. The summed E-state index contributed by atoms with van der Waals surface area (Å²) in [4.78, 5) is 23.4. The maximum atomic E-state index is 12.1. The number of anilines is 1. The van der Waals surface area contributed by atoms with Gasteiger partial charge in [0.05, 0.1) is 11.6 Å². The van der Waals surface area contributed by atoms with Crippen LogP contribution in [0.5, 0.6) is 0 Å². The zero-order valence-electron chi connectivity index (χ0n) is 11.9. The third kappa shape index (κ3) is 3.57. The van der Waals surface area contributed by atoms with E-state index in [1.54, 1.807) is 42.7 Å². The fourth-order valence-electron chi connectivity index (χ4n) is 2.11. The molecule has 0 fully saturated rings. The van der Waals surface area contributed by atoms with Crippen LogP contribution in [0.1, 0.15) is 17.0 Å². The number of hydrogen-bond acceptors (Lipinski definition) is 3. The number of aromatic nitrogens is 1. The Bertz CT molecular complexity index is 741. The first kappa shape index (κ1) is 14.5. The number of pyridine rings is 1. The Hall–Kier alpha value is -2.87. The third-order valence-electron chi connectivity index (χ3n) is 3.15. The molecule has 106 valence electrons. The van der Waals surface area contributed by atoms with Gasteiger partial charge in [-0.05, 0) is 38.1 Å². The number of nitriles is 1. The summed E-state index contributed by atoms with van der Waals surface area (Å²) < 4.78 is 1.78. The minimum absolute atomic E-state index is 0.0613. The molecule has 1 heterocycles. The molecule has 5 nitrogen and oxygen atoms in total. The molecule has 1 amide bonds. The van der Waals surface area contributed by atoms with Gasteiger partial charge in [-0.2, -0.15) is 5.26 Å². The van der Waals surface area contributed by atoms with E-state index in [0.29, 0.717) is 11.3 Å². The molecule has 2 aromatic rings. The number of amides is 1. The van der Waals surface area contributed by atoms with Crippen LogP contribution in [-0.2, 0) is 11.3 Å². The average molecular weight is 281 g/mol. The van der Waals surface area contributed by atoms with E-state index in [1.807, 2.05) is 6.07 Å². The summed E-state index contributed by atoms with van der Waals surface area (Å²) in [6.45, 7) is 3.73. The first-order valence-electron chi connectivity index (χ1n) is 6.47. The standard InChI is InChI=1S/C16H15N3O2/c1-11-7-15(20)8-12(2)19(11)10-16(21)18-14-5-3-13(9-17)4-6-14/h3-8H,10H2,1-2H3,(H,18,21). The van der Waals surface area contributed by atoms with Crippen molar-refractivity contribution in [2.45, 2.75) is 20.4 Å². The molecule has 2 rings (SSSR count). The normalized spacial score (nSPS) is 9.95. The SMILES string of the molecule is Cc1cc(=O)cc(C)n1CC(=O)Nc1ccc(C#N)cc1. The highest BCUT2D eigenvalue weighted by molar-refractivity contribution is 5.90. The van der Waals surface area contributed by atoms with Crippen molar-refractivity contribution in [3.05, 3.63) is 63.6 Å². The number of aryl methyl sites for hydroxylation is 2. The van der Waals surface area contributed by atoms with Gasteiger partial charge in [0.2, 0.25) is 5.91 Å². The van der Waals surface area contributed by atoms with Crippen molar-refractivity contribution in [3.63, 3.8) is 0 Å². The molecule has 0 aliphatic carbocycles. The van der Waals surface area contributed by atoms with Crippen LogP contribution < -0.4 is 10.7 Å². The molecule has 1 aromatic heterocycles. The summed E-state index contributed by atoms with van der Waals surface area (Å²) >= 11 is 0.